The highest BCUT2D eigenvalue weighted by molar-refractivity contribution is 5.99. The summed E-state index contributed by atoms with van der Waals surface area (Å²) >= 11 is 0. The molecule has 0 radical (unpaired) electrons. The topological polar surface area (TPSA) is 71.8 Å². The molecule has 1 heterocycles. The van der Waals surface area contributed by atoms with E-state index in [2.05, 4.69) is 5.32 Å². The van der Waals surface area contributed by atoms with Crippen LogP contribution >= 0.6 is 0 Å². The van der Waals surface area contributed by atoms with E-state index < -0.39 is 0 Å². The second-order valence-corrected chi connectivity index (χ2v) is 8.40. The molecule has 0 saturated carbocycles. The van der Waals surface area contributed by atoms with Gasteiger partial charge in [-0.15, -0.1) is 0 Å². The van der Waals surface area contributed by atoms with Gasteiger partial charge in [-0.3, -0.25) is 9.59 Å². The summed E-state index contributed by atoms with van der Waals surface area (Å²) in [4.78, 5) is 27.2. The van der Waals surface area contributed by atoms with Gasteiger partial charge in [-0.2, -0.15) is 0 Å². The van der Waals surface area contributed by atoms with E-state index >= 15 is 0 Å². The van der Waals surface area contributed by atoms with Crippen LogP contribution in [0.4, 0.5) is 0 Å². The van der Waals surface area contributed by atoms with Crippen LogP contribution in [0.1, 0.15) is 45.9 Å². The van der Waals surface area contributed by atoms with Crippen molar-refractivity contribution in [1.82, 2.24) is 10.2 Å². The Morgan fingerprint density at radius 3 is 2.32 bits per heavy atom. The third kappa shape index (κ3) is 5.12. The zero-order valence-electron chi connectivity index (χ0n) is 19.6. The number of ether oxygens (including phenoxy) is 1. The fraction of sp³-hybridized carbons (Fsp3) is 0.214. The van der Waals surface area contributed by atoms with Crippen LogP contribution in [0.15, 0.2) is 83.3 Å². The van der Waals surface area contributed by atoms with E-state index in [1.165, 1.54) is 0 Å². The fourth-order valence-electron chi connectivity index (χ4n) is 3.56. The molecule has 0 bridgehead atoms. The van der Waals surface area contributed by atoms with E-state index in [4.69, 9.17) is 9.15 Å². The molecular formula is C28H28N2O4. The van der Waals surface area contributed by atoms with E-state index in [-0.39, 0.29) is 30.2 Å². The molecule has 0 unspecified atom stereocenters. The number of para-hydroxylation sites is 2. The fourth-order valence-corrected chi connectivity index (χ4v) is 3.56. The van der Waals surface area contributed by atoms with Crippen LogP contribution in [-0.2, 0) is 13.2 Å². The van der Waals surface area contributed by atoms with Gasteiger partial charge in [-0.1, -0.05) is 48.5 Å². The number of carbonyl (C=O) groups excluding carboxylic acids is 2. The first-order valence-electron chi connectivity index (χ1n) is 11.3. The summed E-state index contributed by atoms with van der Waals surface area (Å²) in [7, 11) is 1.79. The second-order valence-electron chi connectivity index (χ2n) is 8.40. The molecule has 34 heavy (non-hydrogen) atoms. The molecule has 0 saturated heterocycles. The Hall–Kier alpha value is -4.06. The lowest BCUT2D eigenvalue weighted by Gasteiger charge is -2.21. The van der Waals surface area contributed by atoms with Crippen molar-refractivity contribution in [2.24, 2.45) is 0 Å². The molecule has 174 valence electrons. The lowest BCUT2D eigenvalue weighted by atomic mass is 10.1. The van der Waals surface area contributed by atoms with Gasteiger partial charge in [0.05, 0.1) is 0 Å². The summed E-state index contributed by atoms with van der Waals surface area (Å²) in [5.74, 6) is 0.609. The first-order chi connectivity index (χ1) is 16.4. The van der Waals surface area contributed by atoms with Gasteiger partial charge in [-0.25, -0.2) is 0 Å². The van der Waals surface area contributed by atoms with Crippen molar-refractivity contribution in [2.75, 3.05) is 7.05 Å². The van der Waals surface area contributed by atoms with Gasteiger partial charge in [-0.05, 0) is 49.7 Å². The standard InChI is InChI=1S/C28H28N2O4/c1-19(2)30(3)28(32)21-15-13-20(14-16-21)17-29-27(31)26-24(18-33-22-9-5-4-6-10-22)23-11-7-8-12-25(23)34-26/h4-16,19H,17-18H2,1-3H3,(H,29,31). The van der Waals surface area contributed by atoms with Crippen molar-refractivity contribution in [3.63, 3.8) is 0 Å². The minimum atomic E-state index is -0.317. The van der Waals surface area contributed by atoms with E-state index in [0.717, 1.165) is 16.7 Å². The van der Waals surface area contributed by atoms with Crippen molar-refractivity contribution in [2.45, 2.75) is 33.0 Å². The highest BCUT2D eigenvalue weighted by Crippen LogP contribution is 2.27. The van der Waals surface area contributed by atoms with Crippen LogP contribution in [0.25, 0.3) is 11.0 Å². The van der Waals surface area contributed by atoms with Crippen molar-refractivity contribution in [1.29, 1.82) is 0 Å². The summed E-state index contributed by atoms with van der Waals surface area (Å²) in [6, 6.07) is 24.4. The van der Waals surface area contributed by atoms with Gasteiger partial charge in [0.2, 0.25) is 0 Å². The number of fused-ring (bicyclic) bond motifs is 1. The van der Waals surface area contributed by atoms with Crippen molar-refractivity contribution in [3.8, 4) is 5.75 Å². The molecule has 4 rings (SSSR count). The Morgan fingerprint density at radius 2 is 1.62 bits per heavy atom. The quantitative estimate of drug-likeness (QED) is 0.384. The summed E-state index contributed by atoms with van der Waals surface area (Å²) in [5, 5.41) is 3.77. The maximum Gasteiger partial charge on any atom is 0.287 e. The van der Waals surface area contributed by atoms with Crippen LogP contribution < -0.4 is 10.1 Å². The number of rotatable bonds is 8. The third-order valence-corrected chi connectivity index (χ3v) is 5.78. The molecule has 2 amide bonds. The van der Waals surface area contributed by atoms with Crippen LogP contribution in [0, 0.1) is 0 Å². The Labute approximate surface area is 199 Å². The maximum absolute atomic E-state index is 13.0. The molecule has 0 aliphatic carbocycles. The van der Waals surface area contributed by atoms with Gasteiger partial charge >= 0.3 is 0 Å². The van der Waals surface area contributed by atoms with Crippen LogP contribution in [0.2, 0.25) is 0 Å². The van der Waals surface area contributed by atoms with E-state index in [1.54, 1.807) is 24.1 Å². The monoisotopic (exact) mass is 456 g/mol. The normalized spacial score (nSPS) is 10.9. The van der Waals surface area contributed by atoms with E-state index in [1.807, 2.05) is 80.6 Å². The molecular weight excluding hydrogens is 428 g/mol. The maximum atomic E-state index is 13.0. The molecule has 6 heteroatoms. The van der Waals surface area contributed by atoms with Crippen LogP contribution in [-0.4, -0.2) is 29.8 Å². The predicted octanol–water partition coefficient (Wildman–Crippen LogP) is 5.42. The molecule has 1 aromatic heterocycles. The minimum Gasteiger partial charge on any atom is -0.489 e. The number of hydrogen-bond acceptors (Lipinski definition) is 4. The Balaban J connectivity index is 1.47. The van der Waals surface area contributed by atoms with Gasteiger partial charge in [0.15, 0.2) is 5.76 Å². The molecule has 6 nitrogen and oxygen atoms in total. The molecule has 4 aromatic rings. The Morgan fingerprint density at radius 1 is 0.941 bits per heavy atom. The third-order valence-electron chi connectivity index (χ3n) is 5.78. The second kappa shape index (κ2) is 10.3. The van der Waals surface area contributed by atoms with Crippen LogP contribution in [0.3, 0.4) is 0 Å². The number of nitrogens with zero attached hydrogens (tertiary/aromatic N) is 1. The predicted molar refractivity (Wildman–Crippen MR) is 132 cm³/mol. The average Bonchev–Trinajstić information content (AvgIpc) is 3.24. The molecule has 0 aliphatic rings. The van der Waals surface area contributed by atoms with Gasteiger partial charge in [0.25, 0.3) is 11.8 Å². The molecule has 0 fully saturated rings. The molecule has 0 atom stereocenters. The average molecular weight is 457 g/mol. The molecule has 0 spiro atoms. The summed E-state index contributed by atoms with van der Waals surface area (Å²) in [6.07, 6.45) is 0. The molecule has 1 N–H and O–H groups in total. The molecule has 3 aromatic carbocycles. The first-order valence-corrected chi connectivity index (χ1v) is 11.3. The molecule has 0 aliphatic heterocycles. The van der Waals surface area contributed by atoms with Gasteiger partial charge in [0.1, 0.15) is 17.9 Å². The summed E-state index contributed by atoms with van der Waals surface area (Å²) < 4.78 is 11.8. The van der Waals surface area contributed by atoms with Gasteiger partial charge < -0.3 is 19.4 Å². The number of furan rings is 1. The smallest absolute Gasteiger partial charge is 0.287 e. The number of benzene rings is 3. The van der Waals surface area contributed by atoms with Crippen molar-refractivity contribution < 1.29 is 18.7 Å². The van der Waals surface area contributed by atoms with E-state index in [0.29, 0.717) is 23.3 Å². The first kappa shape index (κ1) is 23.1. The number of hydrogen-bond donors (Lipinski definition) is 1. The highest BCUT2D eigenvalue weighted by Gasteiger charge is 2.21. The minimum absolute atomic E-state index is 0.0316. The zero-order chi connectivity index (χ0) is 24.1. The van der Waals surface area contributed by atoms with Gasteiger partial charge in [0, 0.05) is 36.1 Å². The summed E-state index contributed by atoms with van der Waals surface area (Å²) in [5.41, 5.74) is 2.84. The Bertz CT molecular complexity index is 1280. The number of amides is 2. The SMILES string of the molecule is CC(C)N(C)C(=O)c1ccc(CNC(=O)c2oc3ccccc3c2COc2ccccc2)cc1. The lowest BCUT2D eigenvalue weighted by Crippen LogP contribution is -2.32. The lowest BCUT2D eigenvalue weighted by molar-refractivity contribution is 0.0754. The van der Waals surface area contributed by atoms with E-state index in [9.17, 15) is 9.59 Å². The number of carbonyl (C=O) groups is 2. The Kier molecular flexibility index (Phi) is 6.97. The number of nitrogens with one attached hydrogen (secondary N) is 1. The summed E-state index contributed by atoms with van der Waals surface area (Å²) in [6.45, 7) is 4.46. The van der Waals surface area contributed by atoms with Crippen LogP contribution in [0.5, 0.6) is 5.75 Å². The largest absolute Gasteiger partial charge is 0.489 e. The zero-order valence-corrected chi connectivity index (χ0v) is 19.6. The highest BCUT2D eigenvalue weighted by atomic mass is 16.5. The van der Waals surface area contributed by atoms with Crippen molar-refractivity contribution >= 4 is 22.8 Å². The van der Waals surface area contributed by atoms with Crippen molar-refractivity contribution in [3.05, 3.63) is 101 Å².